The summed E-state index contributed by atoms with van der Waals surface area (Å²) >= 11 is 1.53. The second-order valence-corrected chi connectivity index (χ2v) is 9.62. The molecule has 4 aromatic rings. The number of nitrogens with zero attached hydrogens (tertiary/aromatic N) is 5. The van der Waals surface area contributed by atoms with Crippen LogP contribution in [0.1, 0.15) is 24.4 Å². The van der Waals surface area contributed by atoms with E-state index in [0.717, 1.165) is 27.5 Å². The number of benzene rings is 1. The summed E-state index contributed by atoms with van der Waals surface area (Å²) in [6, 6.07) is 16.9. The lowest BCUT2D eigenvalue weighted by atomic mass is 10.1. The number of ether oxygens (including phenoxy) is 1. The van der Waals surface area contributed by atoms with Gasteiger partial charge in [0.2, 0.25) is 5.91 Å². The molecule has 0 bridgehead atoms. The molecular formula is C28H27N5O3S. The van der Waals surface area contributed by atoms with Crippen LogP contribution in [0.5, 0.6) is 5.75 Å². The molecule has 4 heterocycles. The monoisotopic (exact) mass is 513 g/mol. The molecule has 5 rings (SSSR count). The second kappa shape index (κ2) is 11.3. The Morgan fingerprint density at radius 1 is 0.946 bits per heavy atom. The smallest absolute Gasteiger partial charge is 0.261 e. The summed E-state index contributed by atoms with van der Waals surface area (Å²) < 4.78 is 5.87. The molecule has 1 aliphatic rings. The Bertz CT molecular complexity index is 1350. The van der Waals surface area contributed by atoms with Gasteiger partial charge in [-0.2, -0.15) is 0 Å². The van der Waals surface area contributed by atoms with Gasteiger partial charge in [0.15, 0.2) is 6.61 Å². The normalized spacial score (nSPS) is 15.8. The Morgan fingerprint density at radius 3 is 2.46 bits per heavy atom. The van der Waals surface area contributed by atoms with Crippen LogP contribution in [0.15, 0.2) is 78.6 Å². The number of carbonyl (C=O) groups excluding carboxylic acids is 2. The van der Waals surface area contributed by atoms with Crippen molar-refractivity contribution in [3.8, 4) is 28.3 Å². The molecule has 2 amide bonds. The molecule has 9 heteroatoms. The summed E-state index contributed by atoms with van der Waals surface area (Å²) in [4.78, 5) is 42.4. The number of hydrogen-bond acceptors (Lipinski definition) is 7. The fraction of sp³-hybridized carbons (Fsp3) is 0.250. The van der Waals surface area contributed by atoms with Gasteiger partial charge in [-0.05, 0) is 55.0 Å². The molecular weight excluding hydrogens is 486 g/mol. The first kappa shape index (κ1) is 24.6. The van der Waals surface area contributed by atoms with Crippen LogP contribution in [0, 0.1) is 0 Å². The summed E-state index contributed by atoms with van der Waals surface area (Å²) in [5.41, 5.74) is 3.69. The molecule has 3 aromatic heterocycles. The van der Waals surface area contributed by atoms with Crippen molar-refractivity contribution in [2.24, 2.45) is 0 Å². The second-order valence-electron chi connectivity index (χ2n) is 8.73. The zero-order chi connectivity index (χ0) is 25.6. The quantitative estimate of drug-likeness (QED) is 0.378. The highest BCUT2D eigenvalue weighted by molar-refractivity contribution is 7.10. The van der Waals surface area contributed by atoms with Gasteiger partial charge in [-0.1, -0.05) is 6.07 Å². The number of amides is 2. The van der Waals surface area contributed by atoms with Gasteiger partial charge < -0.3 is 14.5 Å². The van der Waals surface area contributed by atoms with Crippen LogP contribution in [0.2, 0.25) is 0 Å². The minimum Gasteiger partial charge on any atom is -0.484 e. The Hall–Kier alpha value is -4.11. The lowest BCUT2D eigenvalue weighted by Crippen LogP contribution is -2.40. The molecule has 0 radical (unpaired) electrons. The molecule has 1 fully saturated rings. The van der Waals surface area contributed by atoms with E-state index >= 15 is 0 Å². The Balaban J connectivity index is 1.31. The van der Waals surface area contributed by atoms with E-state index in [0.29, 0.717) is 31.8 Å². The molecule has 0 aliphatic carbocycles. The highest BCUT2D eigenvalue weighted by Gasteiger charge is 2.32. The minimum absolute atomic E-state index is 0.00825. The van der Waals surface area contributed by atoms with E-state index in [-0.39, 0.29) is 24.5 Å². The molecule has 1 unspecified atom stereocenters. The SMILES string of the molecule is CC(=O)N1CCC(c2nc(-c3ccncc3)cs2)N(C(=O)COc2ccc(-c3ccccn3)cc2)CC1. The molecule has 0 saturated carbocycles. The number of carbonyl (C=O) groups is 2. The van der Waals surface area contributed by atoms with Crippen LogP contribution in [-0.2, 0) is 9.59 Å². The molecule has 188 valence electrons. The Morgan fingerprint density at radius 2 is 1.73 bits per heavy atom. The number of hydrogen-bond donors (Lipinski definition) is 0. The molecule has 1 aromatic carbocycles. The van der Waals surface area contributed by atoms with Crippen LogP contribution in [0.25, 0.3) is 22.5 Å². The van der Waals surface area contributed by atoms with E-state index in [4.69, 9.17) is 9.72 Å². The lowest BCUT2D eigenvalue weighted by molar-refractivity contribution is -0.136. The van der Waals surface area contributed by atoms with Crippen molar-refractivity contribution in [1.29, 1.82) is 0 Å². The Labute approximate surface area is 219 Å². The number of rotatable bonds is 6. The molecule has 8 nitrogen and oxygen atoms in total. The summed E-state index contributed by atoms with van der Waals surface area (Å²) in [5.74, 6) is 0.484. The maximum Gasteiger partial charge on any atom is 0.261 e. The van der Waals surface area contributed by atoms with Crippen molar-refractivity contribution in [2.75, 3.05) is 26.2 Å². The zero-order valence-corrected chi connectivity index (χ0v) is 21.3. The van der Waals surface area contributed by atoms with Gasteiger partial charge in [0.05, 0.1) is 17.4 Å². The minimum atomic E-state index is -0.229. The van der Waals surface area contributed by atoms with E-state index in [9.17, 15) is 9.59 Å². The molecule has 1 saturated heterocycles. The van der Waals surface area contributed by atoms with Crippen LogP contribution >= 0.6 is 11.3 Å². The molecule has 0 N–H and O–H groups in total. The van der Waals surface area contributed by atoms with E-state index in [1.807, 2.05) is 60.0 Å². The van der Waals surface area contributed by atoms with Gasteiger partial charge in [-0.15, -0.1) is 11.3 Å². The first-order valence-electron chi connectivity index (χ1n) is 12.1. The number of thiazole rings is 1. The largest absolute Gasteiger partial charge is 0.484 e. The molecule has 1 aliphatic heterocycles. The van der Waals surface area contributed by atoms with Crippen LogP contribution in [-0.4, -0.2) is 62.8 Å². The summed E-state index contributed by atoms with van der Waals surface area (Å²) in [6.45, 7) is 2.95. The fourth-order valence-electron chi connectivity index (χ4n) is 4.38. The van der Waals surface area contributed by atoms with Crippen LogP contribution in [0.4, 0.5) is 0 Å². The maximum absolute atomic E-state index is 13.4. The van der Waals surface area contributed by atoms with E-state index in [1.165, 1.54) is 11.3 Å². The van der Waals surface area contributed by atoms with Gasteiger partial charge >= 0.3 is 0 Å². The third-order valence-electron chi connectivity index (χ3n) is 6.39. The van der Waals surface area contributed by atoms with Crippen LogP contribution in [0.3, 0.4) is 0 Å². The van der Waals surface area contributed by atoms with Crippen molar-refractivity contribution in [1.82, 2.24) is 24.8 Å². The highest BCUT2D eigenvalue weighted by Crippen LogP contribution is 2.32. The van der Waals surface area contributed by atoms with Crippen molar-refractivity contribution >= 4 is 23.2 Å². The van der Waals surface area contributed by atoms with Gasteiger partial charge in [0, 0.05) is 61.7 Å². The van der Waals surface area contributed by atoms with E-state index in [1.54, 1.807) is 35.3 Å². The fourth-order valence-corrected chi connectivity index (χ4v) is 5.35. The van der Waals surface area contributed by atoms with Gasteiger partial charge in [-0.3, -0.25) is 19.6 Å². The lowest BCUT2D eigenvalue weighted by Gasteiger charge is -2.28. The van der Waals surface area contributed by atoms with E-state index in [2.05, 4.69) is 9.97 Å². The van der Waals surface area contributed by atoms with Crippen molar-refractivity contribution in [3.63, 3.8) is 0 Å². The average molecular weight is 514 g/mol. The topological polar surface area (TPSA) is 88.5 Å². The first-order chi connectivity index (χ1) is 18.1. The maximum atomic E-state index is 13.4. The third-order valence-corrected chi connectivity index (χ3v) is 7.33. The van der Waals surface area contributed by atoms with Gasteiger partial charge in [0.25, 0.3) is 5.91 Å². The van der Waals surface area contributed by atoms with Crippen LogP contribution < -0.4 is 4.74 Å². The van der Waals surface area contributed by atoms with E-state index < -0.39 is 0 Å². The molecule has 37 heavy (non-hydrogen) atoms. The summed E-state index contributed by atoms with van der Waals surface area (Å²) in [5, 5.41) is 2.85. The first-order valence-corrected chi connectivity index (χ1v) is 13.0. The van der Waals surface area contributed by atoms with Crippen molar-refractivity contribution < 1.29 is 14.3 Å². The Kier molecular flexibility index (Phi) is 7.51. The third kappa shape index (κ3) is 5.83. The van der Waals surface area contributed by atoms with Gasteiger partial charge in [-0.25, -0.2) is 4.98 Å². The predicted octanol–water partition coefficient (Wildman–Crippen LogP) is 4.47. The number of pyridine rings is 2. The molecule has 1 atom stereocenters. The molecule has 0 spiro atoms. The summed E-state index contributed by atoms with van der Waals surface area (Å²) in [7, 11) is 0. The standard InChI is InChI=1S/C28H27N5O3S/c1-20(34)32-15-11-26(28-31-25(19-37-28)22-9-13-29-14-10-22)33(17-16-32)27(35)18-36-23-7-5-21(6-8-23)24-4-2-3-12-30-24/h2-10,12-14,19,26H,11,15-18H2,1H3. The predicted molar refractivity (Wildman–Crippen MR) is 142 cm³/mol. The highest BCUT2D eigenvalue weighted by atomic mass is 32.1. The van der Waals surface area contributed by atoms with Gasteiger partial charge in [0.1, 0.15) is 10.8 Å². The summed E-state index contributed by atoms with van der Waals surface area (Å²) in [6.07, 6.45) is 5.85. The van der Waals surface area contributed by atoms with Crippen molar-refractivity contribution in [3.05, 3.63) is 83.6 Å². The number of aromatic nitrogens is 3. The average Bonchev–Trinajstić information content (AvgIpc) is 3.32. The zero-order valence-electron chi connectivity index (χ0n) is 20.5. The van der Waals surface area contributed by atoms with Crippen molar-refractivity contribution in [2.45, 2.75) is 19.4 Å².